The van der Waals surface area contributed by atoms with Gasteiger partial charge in [-0.1, -0.05) is 19.9 Å². The van der Waals surface area contributed by atoms with Gasteiger partial charge in [-0.05, 0) is 42.5 Å². The zero-order valence-corrected chi connectivity index (χ0v) is 12.0. The van der Waals surface area contributed by atoms with Crippen LogP contribution in [0.1, 0.15) is 30.5 Å². The maximum atomic E-state index is 11.8. The Morgan fingerprint density at radius 2 is 1.94 bits per heavy atom. The van der Waals surface area contributed by atoms with Gasteiger partial charge in [-0.2, -0.15) is 0 Å². The number of carbonyl (C=O) groups is 1. The lowest BCUT2D eigenvalue weighted by Crippen LogP contribution is -2.28. The molecule has 1 amide bonds. The van der Waals surface area contributed by atoms with Gasteiger partial charge in [0.05, 0.1) is 13.5 Å². The Bertz CT molecular complexity index is 425. The van der Waals surface area contributed by atoms with Crippen molar-refractivity contribution in [2.24, 2.45) is 5.92 Å². The molecule has 100 valence electrons. The third kappa shape index (κ3) is 4.06. The van der Waals surface area contributed by atoms with Gasteiger partial charge in [0, 0.05) is 6.54 Å². The summed E-state index contributed by atoms with van der Waals surface area (Å²) in [5.41, 5.74) is 3.22. The first kappa shape index (κ1) is 14.6. The van der Waals surface area contributed by atoms with Gasteiger partial charge in [0.1, 0.15) is 5.75 Å². The topological polar surface area (TPSA) is 38.3 Å². The van der Waals surface area contributed by atoms with Gasteiger partial charge in [-0.25, -0.2) is 0 Å². The van der Waals surface area contributed by atoms with Crippen LogP contribution in [0.15, 0.2) is 12.1 Å². The predicted octanol–water partition coefficient (Wildman–Crippen LogP) is 2.63. The van der Waals surface area contributed by atoms with E-state index in [1.165, 1.54) is 0 Å². The molecule has 0 aliphatic carbocycles. The number of aryl methyl sites for hydroxylation is 2. The quantitative estimate of drug-likeness (QED) is 0.871. The number of amides is 1. The number of methoxy groups -OCH3 is 1. The summed E-state index contributed by atoms with van der Waals surface area (Å²) in [6, 6.07) is 4.02. The second-order valence-corrected chi connectivity index (χ2v) is 5.12. The number of nitrogens with one attached hydrogen (secondary N) is 1. The molecule has 3 heteroatoms. The highest BCUT2D eigenvalue weighted by Crippen LogP contribution is 2.22. The largest absolute Gasteiger partial charge is 0.496 e. The Morgan fingerprint density at radius 3 is 2.50 bits per heavy atom. The number of carbonyl (C=O) groups excluding carboxylic acids is 1. The Hall–Kier alpha value is -1.51. The molecule has 3 nitrogen and oxygen atoms in total. The third-order valence-corrected chi connectivity index (χ3v) is 2.91. The molecule has 0 unspecified atom stereocenters. The lowest BCUT2D eigenvalue weighted by molar-refractivity contribution is -0.120. The van der Waals surface area contributed by atoms with E-state index in [1.807, 2.05) is 26.0 Å². The number of rotatable bonds is 5. The maximum absolute atomic E-state index is 11.8. The molecule has 0 saturated carbocycles. The maximum Gasteiger partial charge on any atom is 0.224 e. The van der Waals surface area contributed by atoms with Crippen LogP contribution in [0.25, 0.3) is 0 Å². The zero-order chi connectivity index (χ0) is 13.7. The molecule has 0 aliphatic rings. The van der Waals surface area contributed by atoms with Crippen LogP contribution < -0.4 is 10.1 Å². The number of ether oxygens (including phenoxy) is 1. The molecule has 1 N–H and O–H groups in total. The lowest BCUT2D eigenvalue weighted by Gasteiger charge is -2.12. The molecule has 0 bridgehead atoms. The molecular formula is C15H23NO2. The standard InChI is InChI=1S/C15H23NO2/c1-10(2)9-16-15(17)8-13-6-12(4)14(18-5)7-11(13)3/h6-7,10H,8-9H2,1-5H3,(H,16,17). The van der Waals surface area contributed by atoms with Gasteiger partial charge in [0.25, 0.3) is 0 Å². The predicted molar refractivity (Wildman–Crippen MR) is 74.0 cm³/mol. The molecule has 0 aromatic heterocycles. The molecule has 0 aliphatic heterocycles. The van der Waals surface area contributed by atoms with Gasteiger partial charge < -0.3 is 10.1 Å². The van der Waals surface area contributed by atoms with E-state index in [4.69, 9.17) is 4.74 Å². The summed E-state index contributed by atoms with van der Waals surface area (Å²) < 4.78 is 5.26. The molecule has 1 aromatic carbocycles. The van der Waals surface area contributed by atoms with Gasteiger partial charge in [-0.3, -0.25) is 4.79 Å². The average molecular weight is 249 g/mol. The summed E-state index contributed by atoms with van der Waals surface area (Å²) in [5, 5.41) is 2.94. The summed E-state index contributed by atoms with van der Waals surface area (Å²) in [6.45, 7) is 8.90. The van der Waals surface area contributed by atoms with Crippen LogP contribution in [0.2, 0.25) is 0 Å². The van der Waals surface area contributed by atoms with Crippen molar-refractivity contribution in [3.05, 3.63) is 28.8 Å². The van der Waals surface area contributed by atoms with Crippen molar-refractivity contribution in [3.63, 3.8) is 0 Å². The van der Waals surface area contributed by atoms with Crippen LogP contribution >= 0.6 is 0 Å². The Labute approximate surface area is 110 Å². The van der Waals surface area contributed by atoms with Gasteiger partial charge in [0.2, 0.25) is 5.91 Å². The summed E-state index contributed by atoms with van der Waals surface area (Å²) in [5.74, 6) is 1.43. The first-order chi connectivity index (χ1) is 8.43. The van der Waals surface area contributed by atoms with Crippen molar-refractivity contribution in [1.82, 2.24) is 5.32 Å². The van der Waals surface area contributed by atoms with Crippen LogP contribution in [-0.4, -0.2) is 19.6 Å². The highest BCUT2D eigenvalue weighted by atomic mass is 16.5. The van der Waals surface area contributed by atoms with E-state index >= 15 is 0 Å². The fourth-order valence-corrected chi connectivity index (χ4v) is 1.81. The van der Waals surface area contributed by atoms with E-state index in [1.54, 1.807) is 7.11 Å². The monoisotopic (exact) mass is 249 g/mol. The van der Waals surface area contributed by atoms with Crippen molar-refractivity contribution in [3.8, 4) is 5.75 Å². The van der Waals surface area contributed by atoms with Crippen LogP contribution in [0.4, 0.5) is 0 Å². The SMILES string of the molecule is COc1cc(C)c(CC(=O)NCC(C)C)cc1C. The van der Waals surface area contributed by atoms with Crippen LogP contribution in [-0.2, 0) is 11.2 Å². The van der Waals surface area contributed by atoms with E-state index in [2.05, 4.69) is 19.2 Å². The Balaban J connectivity index is 2.73. The molecule has 0 saturated heterocycles. The minimum absolute atomic E-state index is 0.0800. The summed E-state index contributed by atoms with van der Waals surface area (Å²) >= 11 is 0. The smallest absolute Gasteiger partial charge is 0.224 e. The first-order valence-electron chi connectivity index (χ1n) is 6.34. The van der Waals surface area contributed by atoms with Crippen molar-refractivity contribution in [1.29, 1.82) is 0 Å². The van der Waals surface area contributed by atoms with Crippen molar-refractivity contribution >= 4 is 5.91 Å². The second-order valence-electron chi connectivity index (χ2n) is 5.12. The fourth-order valence-electron chi connectivity index (χ4n) is 1.81. The molecule has 0 atom stereocenters. The highest BCUT2D eigenvalue weighted by molar-refractivity contribution is 5.79. The average Bonchev–Trinajstić information content (AvgIpc) is 2.30. The van der Waals surface area contributed by atoms with E-state index in [0.29, 0.717) is 12.3 Å². The van der Waals surface area contributed by atoms with Crippen LogP contribution in [0, 0.1) is 19.8 Å². The van der Waals surface area contributed by atoms with E-state index in [9.17, 15) is 4.79 Å². The summed E-state index contributed by atoms with van der Waals surface area (Å²) in [6.07, 6.45) is 0.434. The Morgan fingerprint density at radius 1 is 1.28 bits per heavy atom. The highest BCUT2D eigenvalue weighted by Gasteiger charge is 2.09. The van der Waals surface area contributed by atoms with E-state index in [0.717, 1.165) is 29.0 Å². The molecular weight excluding hydrogens is 226 g/mol. The molecule has 1 aromatic rings. The minimum atomic E-state index is 0.0800. The van der Waals surface area contributed by atoms with Crippen molar-refractivity contribution in [2.45, 2.75) is 34.1 Å². The fraction of sp³-hybridized carbons (Fsp3) is 0.533. The third-order valence-electron chi connectivity index (χ3n) is 2.91. The van der Waals surface area contributed by atoms with Crippen LogP contribution in [0.3, 0.4) is 0 Å². The number of hydrogen-bond donors (Lipinski definition) is 1. The minimum Gasteiger partial charge on any atom is -0.496 e. The molecule has 0 fully saturated rings. The zero-order valence-electron chi connectivity index (χ0n) is 12.0. The van der Waals surface area contributed by atoms with Gasteiger partial charge in [-0.15, -0.1) is 0 Å². The first-order valence-corrected chi connectivity index (χ1v) is 6.34. The van der Waals surface area contributed by atoms with E-state index in [-0.39, 0.29) is 5.91 Å². The number of benzene rings is 1. The normalized spacial score (nSPS) is 10.6. The van der Waals surface area contributed by atoms with E-state index < -0.39 is 0 Å². The molecule has 0 heterocycles. The van der Waals surface area contributed by atoms with Crippen molar-refractivity contribution < 1.29 is 9.53 Å². The van der Waals surface area contributed by atoms with Crippen molar-refractivity contribution in [2.75, 3.05) is 13.7 Å². The number of hydrogen-bond acceptors (Lipinski definition) is 2. The molecule has 0 radical (unpaired) electrons. The Kier molecular flexibility index (Phi) is 5.20. The molecule has 0 spiro atoms. The summed E-state index contributed by atoms with van der Waals surface area (Å²) in [4.78, 5) is 11.8. The van der Waals surface area contributed by atoms with Gasteiger partial charge in [0.15, 0.2) is 0 Å². The molecule has 1 rings (SSSR count). The van der Waals surface area contributed by atoms with Gasteiger partial charge >= 0.3 is 0 Å². The second kappa shape index (κ2) is 6.43. The summed E-state index contributed by atoms with van der Waals surface area (Å²) in [7, 11) is 1.66. The van der Waals surface area contributed by atoms with Crippen LogP contribution in [0.5, 0.6) is 5.75 Å². The molecule has 18 heavy (non-hydrogen) atoms. The lowest BCUT2D eigenvalue weighted by atomic mass is 10.0.